The molecule has 0 saturated carbocycles. The lowest BCUT2D eigenvalue weighted by Crippen LogP contribution is -2.49. The summed E-state index contributed by atoms with van der Waals surface area (Å²) in [7, 11) is 3.85. The molecule has 0 radical (unpaired) electrons. The second-order valence-electron chi connectivity index (χ2n) is 9.83. The number of ether oxygens (including phenoxy) is 2. The van der Waals surface area contributed by atoms with Gasteiger partial charge in [0.2, 0.25) is 5.91 Å². The Kier molecular flexibility index (Phi) is 8.38. The van der Waals surface area contributed by atoms with Gasteiger partial charge in [-0.1, -0.05) is 6.58 Å². The molecule has 2 aromatic rings. The smallest absolute Gasteiger partial charge is 0.508 e. The molecule has 0 bridgehead atoms. The van der Waals surface area contributed by atoms with Crippen molar-refractivity contribution < 1.29 is 32.5 Å². The number of hydrogen-bond acceptors (Lipinski definition) is 9. The number of anilines is 2. The summed E-state index contributed by atoms with van der Waals surface area (Å²) < 4.78 is 49.5. The molecule has 1 amide bonds. The van der Waals surface area contributed by atoms with Crippen molar-refractivity contribution in [1.82, 2.24) is 19.8 Å². The second kappa shape index (κ2) is 11.6. The van der Waals surface area contributed by atoms with Crippen molar-refractivity contribution >= 4 is 17.4 Å². The van der Waals surface area contributed by atoms with Crippen molar-refractivity contribution in [2.75, 3.05) is 63.2 Å². The highest BCUT2D eigenvalue weighted by Gasteiger charge is 2.34. The highest BCUT2D eigenvalue weighted by molar-refractivity contribution is 5.87. The van der Waals surface area contributed by atoms with E-state index in [9.17, 15) is 23.1 Å². The highest BCUT2D eigenvalue weighted by atomic mass is 19.4. The van der Waals surface area contributed by atoms with Gasteiger partial charge in [0, 0.05) is 50.9 Å². The summed E-state index contributed by atoms with van der Waals surface area (Å²) in [5.41, 5.74) is 1.60. The van der Waals surface area contributed by atoms with Crippen LogP contribution in [0.1, 0.15) is 18.2 Å². The summed E-state index contributed by atoms with van der Waals surface area (Å²) in [5, 5.41) is 10.0. The second-order valence-corrected chi connectivity index (χ2v) is 9.83. The lowest BCUT2D eigenvalue weighted by atomic mass is 10.0. The Morgan fingerprint density at radius 2 is 1.90 bits per heavy atom. The monoisotopic (exact) mass is 550 g/mol. The fourth-order valence-electron chi connectivity index (χ4n) is 4.87. The van der Waals surface area contributed by atoms with Crippen LogP contribution < -0.4 is 19.3 Å². The van der Waals surface area contributed by atoms with Gasteiger partial charge in [-0.05, 0) is 45.6 Å². The number of piperazine rings is 1. The van der Waals surface area contributed by atoms with Gasteiger partial charge in [0.05, 0.1) is 17.9 Å². The van der Waals surface area contributed by atoms with Gasteiger partial charge in [-0.15, -0.1) is 13.2 Å². The Labute approximate surface area is 225 Å². The number of carbonyl (C=O) groups is 1. The average Bonchev–Trinajstić information content (AvgIpc) is 2.87. The molecule has 4 rings (SSSR count). The molecule has 1 N–H and O–H groups in total. The van der Waals surface area contributed by atoms with E-state index in [1.165, 1.54) is 12.1 Å². The summed E-state index contributed by atoms with van der Waals surface area (Å²) in [6, 6.07) is 3.67. The van der Waals surface area contributed by atoms with Crippen LogP contribution in [-0.4, -0.2) is 96.6 Å². The number of hydrogen-bond donors (Lipinski definition) is 1. The first-order valence-electron chi connectivity index (χ1n) is 12.6. The number of carbonyl (C=O) groups excluding carboxylic acids is 1. The van der Waals surface area contributed by atoms with E-state index in [0.29, 0.717) is 57.2 Å². The van der Waals surface area contributed by atoms with Crippen LogP contribution in [0.5, 0.6) is 17.5 Å². The molecule has 13 heteroatoms. The number of rotatable bonds is 8. The Morgan fingerprint density at radius 3 is 2.54 bits per heavy atom. The van der Waals surface area contributed by atoms with Gasteiger partial charge in [0.25, 0.3) is 0 Å². The number of halogens is 3. The third kappa shape index (κ3) is 7.02. The summed E-state index contributed by atoms with van der Waals surface area (Å²) in [4.78, 5) is 28.9. The number of benzene rings is 1. The number of aromatic nitrogens is 2. The van der Waals surface area contributed by atoms with Crippen molar-refractivity contribution in [2.45, 2.75) is 32.4 Å². The molecule has 10 nitrogen and oxygen atoms in total. The summed E-state index contributed by atoms with van der Waals surface area (Å²) in [6.45, 7) is 8.72. The molecule has 212 valence electrons. The van der Waals surface area contributed by atoms with Crippen molar-refractivity contribution in [3.63, 3.8) is 0 Å². The van der Waals surface area contributed by atoms with Gasteiger partial charge in [-0.2, -0.15) is 9.97 Å². The maximum absolute atomic E-state index is 13.1. The third-order valence-corrected chi connectivity index (χ3v) is 6.53. The lowest BCUT2D eigenvalue weighted by Gasteiger charge is -2.38. The number of fused-ring (bicyclic) bond motifs is 1. The molecule has 3 heterocycles. The van der Waals surface area contributed by atoms with Crippen LogP contribution in [0.3, 0.4) is 0 Å². The fraction of sp³-hybridized carbons (Fsp3) is 0.500. The summed E-state index contributed by atoms with van der Waals surface area (Å²) in [5.74, 6) is -0.0149. The maximum Gasteiger partial charge on any atom is 0.573 e. The SMILES string of the molecule is C=CC(=O)N1CCN(c2nc(O[C@H](C)CN(C)C)nc3c2CCN(c2cc(O)ccc2OC(F)(F)F)C3)CC1. The maximum atomic E-state index is 13.1. The summed E-state index contributed by atoms with van der Waals surface area (Å²) >= 11 is 0. The third-order valence-electron chi connectivity index (χ3n) is 6.53. The van der Waals surface area contributed by atoms with E-state index >= 15 is 0 Å². The predicted molar refractivity (Wildman–Crippen MR) is 139 cm³/mol. The molecule has 39 heavy (non-hydrogen) atoms. The van der Waals surface area contributed by atoms with E-state index in [1.54, 1.807) is 9.80 Å². The number of aromatic hydroxyl groups is 1. The van der Waals surface area contributed by atoms with Crippen LogP contribution in [-0.2, 0) is 17.8 Å². The molecular formula is C26H33F3N6O4. The Balaban J connectivity index is 1.66. The number of nitrogens with zero attached hydrogens (tertiary/aromatic N) is 6. The average molecular weight is 551 g/mol. The van der Waals surface area contributed by atoms with Crippen LogP contribution in [0.15, 0.2) is 30.9 Å². The van der Waals surface area contributed by atoms with Gasteiger partial charge >= 0.3 is 12.4 Å². The molecule has 1 aromatic heterocycles. The molecule has 0 spiro atoms. The number of phenolic OH excluding ortho intramolecular Hbond substituents is 1. The molecule has 0 aliphatic carbocycles. The van der Waals surface area contributed by atoms with Crippen molar-refractivity contribution in [2.24, 2.45) is 0 Å². The topological polar surface area (TPSA) is 94.5 Å². The molecule has 1 aromatic carbocycles. The van der Waals surface area contributed by atoms with Gasteiger partial charge in [0.1, 0.15) is 17.7 Å². The standard InChI is InChI=1S/C26H33F3N6O4/c1-5-23(37)33-10-12-34(13-11-33)24-19-8-9-35(21-14-18(36)6-7-22(21)39-26(27,28)29)16-20(19)30-25(31-24)38-17(2)15-32(3)4/h5-7,14,17,36H,1,8-13,15-16H2,2-4H3/t17-/m1/s1. The quantitative estimate of drug-likeness (QED) is 0.498. The van der Waals surface area contributed by atoms with Gasteiger partial charge < -0.3 is 34.2 Å². The number of alkyl halides is 3. The molecule has 1 fully saturated rings. The largest absolute Gasteiger partial charge is 0.573 e. The minimum absolute atomic E-state index is 0.109. The Morgan fingerprint density at radius 1 is 1.18 bits per heavy atom. The first kappa shape index (κ1) is 28.3. The van der Waals surface area contributed by atoms with Crippen molar-refractivity contribution in [3.05, 3.63) is 42.1 Å². The van der Waals surface area contributed by atoms with E-state index < -0.39 is 12.1 Å². The van der Waals surface area contributed by atoms with Gasteiger partial charge in [0.15, 0.2) is 5.75 Å². The first-order chi connectivity index (χ1) is 18.4. The Bertz CT molecular complexity index is 1200. The van der Waals surface area contributed by atoms with E-state index in [2.05, 4.69) is 21.2 Å². The number of phenols is 1. The molecular weight excluding hydrogens is 517 g/mol. The van der Waals surface area contributed by atoms with E-state index in [-0.39, 0.29) is 36.0 Å². The fourth-order valence-corrected chi connectivity index (χ4v) is 4.87. The van der Waals surface area contributed by atoms with E-state index in [0.717, 1.165) is 17.7 Å². The van der Waals surface area contributed by atoms with Gasteiger partial charge in [-0.3, -0.25) is 4.79 Å². The minimum Gasteiger partial charge on any atom is -0.508 e. The summed E-state index contributed by atoms with van der Waals surface area (Å²) in [6.07, 6.45) is -3.35. The number of likely N-dealkylation sites (N-methyl/N-ethyl adjacent to an activating group) is 1. The molecule has 0 unspecified atom stereocenters. The van der Waals surface area contributed by atoms with Crippen LogP contribution in [0.25, 0.3) is 0 Å². The van der Waals surface area contributed by atoms with Crippen LogP contribution in [0.2, 0.25) is 0 Å². The van der Waals surface area contributed by atoms with Gasteiger partial charge in [-0.25, -0.2) is 0 Å². The van der Waals surface area contributed by atoms with E-state index in [4.69, 9.17) is 9.72 Å². The zero-order valence-corrected chi connectivity index (χ0v) is 22.2. The predicted octanol–water partition coefficient (Wildman–Crippen LogP) is 2.81. The minimum atomic E-state index is -4.88. The first-order valence-corrected chi connectivity index (χ1v) is 12.6. The lowest BCUT2D eigenvalue weighted by molar-refractivity contribution is -0.274. The molecule has 2 aliphatic heterocycles. The molecule has 1 saturated heterocycles. The van der Waals surface area contributed by atoms with Crippen LogP contribution >= 0.6 is 0 Å². The molecule has 2 aliphatic rings. The van der Waals surface area contributed by atoms with E-state index in [1.807, 2.05) is 25.9 Å². The zero-order valence-electron chi connectivity index (χ0n) is 22.2. The van der Waals surface area contributed by atoms with Crippen molar-refractivity contribution in [3.8, 4) is 17.5 Å². The van der Waals surface area contributed by atoms with Crippen LogP contribution in [0, 0.1) is 0 Å². The highest BCUT2D eigenvalue weighted by Crippen LogP contribution is 2.39. The van der Waals surface area contributed by atoms with Crippen molar-refractivity contribution in [1.29, 1.82) is 0 Å². The zero-order chi connectivity index (χ0) is 28.3. The Hall–Kier alpha value is -3.74. The molecule has 1 atom stereocenters. The normalized spacial score (nSPS) is 16.6. The number of amides is 1. The van der Waals surface area contributed by atoms with Crippen LogP contribution in [0.4, 0.5) is 24.7 Å².